The first-order valence-electron chi connectivity index (χ1n) is 10.4. The van der Waals surface area contributed by atoms with Gasteiger partial charge in [0.15, 0.2) is 0 Å². The summed E-state index contributed by atoms with van der Waals surface area (Å²) in [6, 6.07) is 25.8. The van der Waals surface area contributed by atoms with Crippen LogP contribution in [-0.2, 0) is 9.59 Å². The van der Waals surface area contributed by atoms with E-state index in [2.05, 4.69) is 41.8 Å². The van der Waals surface area contributed by atoms with E-state index in [9.17, 15) is 9.59 Å². The van der Waals surface area contributed by atoms with Gasteiger partial charge in [0.2, 0.25) is 11.8 Å². The minimum atomic E-state index is -0.224. The van der Waals surface area contributed by atoms with Crippen molar-refractivity contribution in [3.05, 3.63) is 101 Å². The Hall–Kier alpha value is -3.44. The van der Waals surface area contributed by atoms with Crippen LogP contribution in [0.5, 0.6) is 0 Å². The molecule has 2 N–H and O–H groups in total. The number of anilines is 1. The molecule has 5 heteroatoms. The highest BCUT2D eigenvalue weighted by Gasteiger charge is 2.18. The van der Waals surface area contributed by atoms with Gasteiger partial charge in [-0.15, -0.1) is 0 Å². The molecule has 3 aromatic rings. The lowest BCUT2D eigenvalue weighted by atomic mass is 9.98. The third-order valence-corrected chi connectivity index (χ3v) is 5.14. The highest BCUT2D eigenvalue weighted by Crippen LogP contribution is 2.22. The van der Waals surface area contributed by atoms with Crippen LogP contribution in [0.3, 0.4) is 0 Å². The van der Waals surface area contributed by atoms with E-state index < -0.39 is 0 Å². The van der Waals surface area contributed by atoms with Gasteiger partial charge in [-0.25, -0.2) is 0 Å². The van der Waals surface area contributed by atoms with Gasteiger partial charge in [0.25, 0.3) is 0 Å². The molecule has 1 atom stereocenters. The summed E-state index contributed by atoms with van der Waals surface area (Å²) in [7, 11) is 1.64. The van der Waals surface area contributed by atoms with Gasteiger partial charge in [-0.1, -0.05) is 77.9 Å². The largest absolute Gasteiger partial charge is 0.335 e. The van der Waals surface area contributed by atoms with E-state index in [1.54, 1.807) is 7.05 Å². The van der Waals surface area contributed by atoms with Gasteiger partial charge < -0.3 is 10.2 Å². The molecule has 31 heavy (non-hydrogen) atoms. The number of carbonyl (C=O) groups excluding carboxylic acids is 2. The summed E-state index contributed by atoms with van der Waals surface area (Å²) in [4.78, 5) is 26.4. The molecule has 0 unspecified atom stereocenters. The monoisotopic (exact) mass is 415 g/mol. The smallest absolute Gasteiger partial charge is 0.243 e. The normalized spacial score (nSPS) is 11.6. The van der Waals surface area contributed by atoms with E-state index in [-0.39, 0.29) is 30.9 Å². The zero-order chi connectivity index (χ0) is 22.2. The highest BCUT2D eigenvalue weighted by atomic mass is 16.2. The molecule has 0 aromatic heterocycles. The first kappa shape index (κ1) is 22.2. The van der Waals surface area contributed by atoms with Crippen molar-refractivity contribution < 1.29 is 9.59 Å². The summed E-state index contributed by atoms with van der Waals surface area (Å²) in [5.74, 6) is -0.370. The Bertz CT molecular complexity index is 999. The number of nitrogens with zero attached hydrogens (tertiary/aromatic N) is 1. The Balaban J connectivity index is 1.60. The molecular formula is C26H29N3O2. The fourth-order valence-electron chi connectivity index (χ4n) is 3.30. The maximum atomic E-state index is 12.7. The second-order valence-corrected chi connectivity index (χ2v) is 7.80. The maximum absolute atomic E-state index is 12.7. The van der Waals surface area contributed by atoms with Gasteiger partial charge in [-0.3, -0.25) is 14.9 Å². The zero-order valence-electron chi connectivity index (χ0n) is 18.3. The van der Waals surface area contributed by atoms with Crippen LogP contribution in [0.4, 0.5) is 5.69 Å². The van der Waals surface area contributed by atoms with Crippen LogP contribution in [0.15, 0.2) is 78.9 Å². The zero-order valence-corrected chi connectivity index (χ0v) is 18.3. The summed E-state index contributed by atoms with van der Waals surface area (Å²) < 4.78 is 0. The van der Waals surface area contributed by atoms with Crippen molar-refractivity contribution in [1.82, 2.24) is 10.2 Å². The van der Waals surface area contributed by atoms with E-state index in [1.807, 2.05) is 61.5 Å². The number of aryl methyl sites for hydroxylation is 2. The van der Waals surface area contributed by atoms with Crippen molar-refractivity contribution in [2.45, 2.75) is 19.9 Å². The second-order valence-electron chi connectivity index (χ2n) is 7.80. The van der Waals surface area contributed by atoms with Gasteiger partial charge in [-0.2, -0.15) is 0 Å². The Morgan fingerprint density at radius 1 is 0.806 bits per heavy atom. The van der Waals surface area contributed by atoms with E-state index in [1.165, 1.54) is 10.5 Å². The lowest BCUT2D eigenvalue weighted by molar-refractivity contribution is -0.132. The summed E-state index contributed by atoms with van der Waals surface area (Å²) in [6.45, 7) is 4.16. The van der Waals surface area contributed by atoms with Crippen molar-refractivity contribution in [3.8, 4) is 0 Å². The first-order valence-corrected chi connectivity index (χ1v) is 10.4. The first-order chi connectivity index (χ1) is 14.9. The summed E-state index contributed by atoms with van der Waals surface area (Å²) in [5.41, 5.74) is 5.20. The molecule has 0 saturated heterocycles. The molecule has 0 aliphatic carbocycles. The molecule has 0 aliphatic heterocycles. The van der Waals surface area contributed by atoms with Crippen molar-refractivity contribution >= 4 is 17.5 Å². The molecule has 0 aliphatic rings. The molecule has 3 aromatic carbocycles. The average molecular weight is 416 g/mol. The maximum Gasteiger partial charge on any atom is 0.243 e. The molecule has 0 radical (unpaired) electrons. The van der Waals surface area contributed by atoms with Crippen LogP contribution < -0.4 is 10.6 Å². The standard InChI is InChI=1S/C26H29N3O2/c1-19-9-13-22(14-10-19)26(21-7-5-4-6-8-21)27-17-25(31)29(3)18-24(30)28-23-15-11-20(2)12-16-23/h4-16,26-27H,17-18H2,1-3H3,(H,28,30)/t26-/m0/s1. The van der Waals surface area contributed by atoms with Gasteiger partial charge in [0, 0.05) is 12.7 Å². The lowest BCUT2D eigenvalue weighted by Crippen LogP contribution is -2.41. The van der Waals surface area contributed by atoms with Gasteiger partial charge in [0.05, 0.1) is 19.1 Å². The number of likely N-dealkylation sites (N-methyl/N-ethyl adjacent to an activating group) is 1. The molecule has 0 spiro atoms. The fourth-order valence-corrected chi connectivity index (χ4v) is 3.30. The third kappa shape index (κ3) is 6.52. The number of benzene rings is 3. The predicted molar refractivity (Wildman–Crippen MR) is 125 cm³/mol. The van der Waals surface area contributed by atoms with Gasteiger partial charge in [0.1, 0.15) is 0 Å². The number of rotatable bonds is 8. The molecule has 2 amide bonds. The Kier molecular flexibility index (Phi) is 7.57. The van der Waals surface area contributed by atoms with Crippen molar-refractivity contribution in [2.75, 3.05) is 25.5 Å². The van der Waals surface area contributed by atoms with Crippen molar-refractivity contribution in [3.63, 3.8) is 0 Å². The average Bonchev–Trinajstić information content (AvgIpc) is 2.77. The Morgan fingerprint density at radius 2 is 1.35 bits per heavy atom. The van der Waals surface area contributed by atoms with E-state index in [4.69, 9.17) is 0 Å². The van der Waals surface area contributed by atoms with E-state index in [0.717, 1.165) is 22.4 Å². The fraction of sp³-hybridized carbons (Fsp3) is 0.231. The molecule has 0 saturated carbocycles. The van der Waals surface area contributed by atoms with E-state index in [0.29, 0.717) is 0 Å². The quantitative estimate of drug-likeness (QED) is 0.583. The number of nitrogens with one attached hydrogen (secondary N) is 2. The Morgan fingerprint density at radius 3 is 1.97 bits per heavy atom. The molecule has 5 nitrogen and oxygen atoms in total. The highest BCUT2D eigenvalue weighted by molar-refractivity contribution is 5.94. The minimum absolute atomic E-state index is 0.00503. The number of amides is 2. The molecular weight excluding hydrogens is 386 g/mol. The summed E-state index contributed by atoms with van der Waals surface area (Å²) in [5, 5.41) is 6.18. The van der Waals surface area contributed by atoms with Crippen LogP contribution in [0, 0.1) is 13.8 Å². The van der Waals surface area contributed by atoms with Gasteiger partial charge >= 0.3 is 0 Å². The topological polar surface area (TPSA) is 61.4 Å². The predicted octanol–water partition coefficient (Wildman–Crippen LogP) is 4.08. The third-order valence-electron chi connectivity index (χ3n) is 5.14. The lowest BCUT2D eigenvalue weighted by Gasteiger charge is -2.22. The minimum Gasteiger partial charge on any atom is -0.335 e. The van der Waals surface area contributed by atoms with Crippen LogP contribution in [0.2, 0.25) is 0 Å². The Labute approximate surface area is 184 Å². The van der Waals surface area contributed by atoms with Crippen LogP contribution >= 0.6 is 0 Å². The van der Waals surface area contributed by atoms with Crippen LogP contribution in [0.1, 0.15) is 28.3 Å². The van der Waals surface area contributed by atoms with Gasteiger partial charge in [-0.05, 0) is 37.1 Å². The second kappa shape index (κ2) is 10.5. The van der Waals surface area contributed by atoms with Crippen LogP contribution in [0.25, 0.3) is 0 Å². The SMILES string of the molecule is Cc1ccc(NC(=O)CN(C)C(=O)CN[C@@H](c2ccccc2)c2ccc(C)cc2)cc1. The van der Waals surface area contributed by atoms with E-state index >= 15 is 0 Å². The molecule has 0 heterocycles. The molecule has 3 rings (SSSR count). The van der Waals surface area contributed by atoms with Crippen molar-refractivity contribution in [2.24, 2.45) is 0 Å². The number of carbonyl (C=O) groups is 2. The van der Waals surface area contributed by atoms with Crippen LogP contribution in [-0.4, -0.2) is 36.9 Å². The van der Waals surface area contributed by atoms with Crippen molar-refractivity contribution in [1.29, 1.82) is 0 Å². The number of hydrogen-bond donors (Lipinski definition) is 2. The summed E-state index contributed by atoms with van der Waals surface area (Å²) >= 11 is 0. The number of hydrogen-bond acceptors (Lipinski definition) is 3. The molecule has 0 bridgehead atoms. The molecule has 0 fully saturated rings. The summed E-state index contributed by atoms with van der Waals surface area (Å²) in [6.07, 6.45) is 0. The molecule has 160 valence electrons.